The lowest BCUT2D eigenvalue weighted by Gasteiger charge is -2.31. The highest BCUT2D eigenvalue weighted by atomic mass is 16.5. The number of hydrogen-bond donors (Lipinski definition) is 1. The molecule has 5 nitrogen and oxygen atoms in total. The average Bonchev–Trinajstić information content (AvgIpc) is 3.32. The predicted octanol–water partition coefficient (Wildman–Crippen LogP) is 5.24. The minimum atomic E-state index is -0.230. The van der Waals surface area contributed by atoms with Crippen LogP contribution in [-0.4, -0.2) is 40.6 Å². The first-order chi connectivity index (χ1) is 15.9. The zero-order valence-corrected chi connectivity index (χ0v) is 19.8. The number of allylic oxidation sites excluding steroid dienone is 2. The van der Waals surface area contributed by atoms with Crippen molar-refractivity contribution in [1.82, 2.24) is 4.90 Å². The zero-order chi connectivity index (χ0) is 23.1. The molecule has 3 fully saturated rings. The molecule has 1 aromatic rings. The van der Waals surface area contributed by atoms with E-state index in [1.807, 2.05) is 12.1 Å². The molecule has 2 aliphatic heterocycles. The molecule has 1 N–H and O–H groups in total. The third kappa shape index (κ3) is 4.16. The van der Waals surface area contributed by atoms with Crippen molar-refractivity contribution >= 4 is 17.9 Å². The molecule has 0 radical (unpaired) electrons. The van der Waals surface area contributed by atoms with Crippen LogP contribution in [0.5, 0.6) is 5.75 Å². The van der Waals surface area contributed by atoms with E-state index in [0.29, 0.717) is 13.0 Å². The van der Waals surface area contributed by atoms with E-state index >= 15 is 0 Å². The number of phenolic OH excluding ortho intramolecular Hbond substituents is 1. The summed E-state index contributed by atoms with van der Waals surface area (Å²) in [6, 6.07) is 7.38. The van der Waals surface area contributed by atoms with E-state index in [-0.39, 0.29) is 47.5 Å². The average molecular weight is 450 g/mol. The van der Waals surface area contributed by atoms with Crippen LogP contribution >= 0.6 is 0 Å². The largest absolute Gasteiger partial charge is 0.508 e. The van der Waals surface area contributed by atoms with Gasteiger partial charge in [-0.1, -0.05) is 48.6 Å². The molecule has 33 heavy (non-hydrogen) atoms. The topological polar surface area (TPSA) is 66.8 Å². The maximum atomic E-state index is 13.5. The summed E-state index contributed by atoms with van der Waals surface area (Å²) in [7, 11) is 0. The van der Waals surface area contributed by atoms with Crippen LogP contribution in [0.4, 0.5) is 0 Å². The summed E-state index contributed by atoms with van der Waals surface area (Å²) in [5.41, 5.74) is 4.76. The SMILES string of the molecule is CC1=C2[C@@H](CC/C(C)=C/c3cccc(O)c3)OC[C@@H]2[C@@H]2C(=O)N(C3CCCCC3)C(=O)[C@@H]2C1. The number of imide groups is 1. The number of carbonyl (C=O) groups excluding carboxylic acids is 2. The lowest BCUT2D eigenvalue weighted by Crippen LogP contribution is -2.42. The first-order valence-corrected chi connectivity index (χ1v) is 12.6. The Morgan fingerprint density at radius 2 is 1.94 bits per heavy atom. The standard InChI is InChI=1S/C28H35NO4/c1-17(13-19-7-6-10-21(30)15-19)11-12-24-25-18(2)14-22-26(23(25)16-33-24)28(32)29(27(22)31)20-8-4-3-5-9-20/h6-7,10,13,15,20,22-24,26,30H,3-5,8-9,11-12,14,16H2,1-2H3/b17-13+/t22-,23+,24-,26-/m1/s1. The molecule has 1 saturated carbocycles. The van der Waals surface area contributed by atoms with E-state index in [2.05, 4.69) is 19.9 Å². The smallest absolute Gasteiger partial charge is 0.234 e. The summed E-state index contributed by atoms with van der Waals surface area (Å²) >= 11 is 0. The summed E-state index contributed by atoms with van der Waals surface area (Å²) in [6.07, 6.45) is 9.95. The molecule has 5 heteroatoms. The molecule has 0 spiro atoms. The Kier molecular flexibility index (Phi) is 6.17. The molecule has 4 atom stereocenters. The van der Waals surface area contributed by atoms with Crippen molar-refractivity contribution in [2.75, 3.05) is 6.61 Å². The summed E-state index contributed by atoms with van der Waals surface area (Å²) in [5.74, 6) is 0.0398. The summed E-state index contributed by atoms with van der Waals surface area (Å²) in [5, 5.41) is 9.69. The molecule has 2 amide bonds. The number of likely N-dealkylation sites (tertiary alicyclic amines) is 1. The van der Waals surface area contributed by atoms with Crippen molar-refractivity contribution in [3.8, 4) is 5.75 Å². The van der Waals surface area contributed by atoms with Gasteiger partial charge >= 0.3 is 0 Å². The molecule has 0 unspecified atom stereocenters. The number of aromatic hydroxyl groups is 1. The third-order valence-corrected chi connectivity index (χ3v) is 8.21. The number of amides is 2. The van der Waals surface area contributed by atoms with Crippen LogP contribution in [0, 0.1) is 17.8 Å². The van der Waals surface area contributed by atoms with Crippen molar-refractivity contribution < 1.29 is 19.4 Å². The van der Waals surface area contributed by atoms with Gasteiger partial charge in [0, 0.05) is 12.0 Å². The minimum absolute atomic E-state index is 0.0232. The van der Waals surface area contributed by atoms with Crippen LogP contribution in [-0.2, 0) is 14.3 Å². The third-order valence-electron chi connectivity index (χ3n) is 8.21. The van der Waals surface area contributed by atoms with E-state index in [9.17, 15) is 14.7 Å². The highest BCUT2D eigenvalue weighted by Gasteiger charge is 2.57. The Balaban J connectivity index is 1.29. The molecule has 2 aliphatic carbocycles. The fourth-order valence-electron chi connectivity index (χ4n) is 6.68. The van der Waals surface area contributed by atoms with Crippen LogP contribution in [0.25, 0.3) is 6.08 Å². The van der Waals surface area contributed by atoms with Crippen molar-refractivity contribution in [3.63, 3.8) is 0 Å². The van der Waals surface area contributed by atoms with Gasteiger partial charge in [0.15, 0.2) is 0 Å². The Morgan fingerprint density at radius 1 is 1.15 bits per heavy atom. The van der Waals surface area contributed by atoms with E-state index in [4.69, 9.17) is 4.74 Å². The van der Waals surface area contributed by atoms with E-state index < -0.39 is 0 Å². The monoisotopic (exact) mass is 449 g/mol. The van der Waals surface area contributed by atoms with Crippen LogP contribution in [0.2, 0.25) is 0 Å². The van der Waals surface area contributed by atoms with E-state index in [0.717, 1.165) is 44.1 Å². The van der Waals surface area contributed by atoms with Gasteiger partial charge in [-0.15, -0.1) is 0 Å². The maximum Gasteiger partial charge on any atom is 0.234 e. The number of rotatable bonds is 5. The zero-order valence-electron chi connectivity index (χ0n) is 19.8. The van der Waals surface area contributed by atoms with Gasteiger partial charge < -0.3 is 9.84 Å². The Morgan fingerprint density at radius 3 is 2.70 bits per heavy atom. The second kappa shape index (κ2) is 9.09. The second-order valence-corrected chi connectivity index (χ2v) is 10.5. The van der Waals surface area contributed by atoms with Crippen molar-refractivity contribution in [2.45, 2.75) is 77.4 Å². The number of nitrogens with zero attached hydrogens (tertiary/aromatic N) is 1. The fourth-order valence-corrected chi connectivity index (χ4v) is 6.68. The van der Waals surface area contributed by atoms with Crippen LogP contribution in [0.3, 0.4) is 0 Å². The molecule has 0 bridgehead atoms. The highest BCUT2D eigenvalue weighted by Crippen LogP contribution is 2.50. The molecule has 176 valence electrons. The molecule has 2 heterocycles. The molecule has 1 aromatic carbocycles. The van der Waals surface area contributed by atoms with Gasteiger partial charge in [0.25, 0.3) is 0 Å². The fraction of sp³-hybridized carbons (Fsp3) is 0.571. The number of benzene rings is 1. The normalized spacial score (nSPS) is 30.7. The quantitative estimate of drug-likeness (QED) is 0.493. The lowest BCUT2D eigenvalue weighted by atomic mass is 9.70. The van der Waals surface area contributed by atoms with Crippen molar-refractivity contribution in [2.24, 2.45) is 17.8 Å². The molecule has 4 aliphatic rings. The summed E-state index contributed by atoms with van der Waals surface area (Å²) < 4.78 is 6.26. The maximum absolute atomic E-state index is 13.5. The van der Waals surface area contributed by atoms with Gasteiger partial charge in [-0.05, 0) is 69.2 Å². The number of carbonyl (C=O) groups is 2. The second-order valence-electron chi connectivity index (χ2n) is 10.5. The molecule has 2 saturated heterocycles. The number of phenols is 1. The summed E-state index contributed by atoms with van der Waals surface area (Å²) in [4.78, 5) is 28.5. The Bertz CT molecular complexity index is 1000. The van der Waals surface area contributed by atoms with Gasteiger partial charge in [0.05, 0.1) is 24.5 Å². The minimum Gasteiger partial charge on any atom is -0.508 e. The first kappa shape index (κ1) is 22.4. The number of hydrogen-bond acceptors (Lipinski definition) is 4. The van der Waals surface area contributed by atoms with Gasteiger partial charge in [-0.2, -0.15) is 0 Å². The van der Waals surface area contributed by atoms with Crippen molar-refractivity contribution in [3.05, 3.63) is 46.5 Å². The highest BCUT2D eigenvalue weighted by molar-refractivity contribution is 6.06. The molecular weight excluding hydrogens is 414 g/mol. The van der Waals surface area contributed by atoms with Gasteiger partial charge in [-0.25, -0.2) is 0 Å². The molecule has 0 aromatic heterocycles. The number of fused-ring (bicyclic) bond motifs is 3. The van der Waals surface area contributed by atoms with Crippen molar-refractivity contribution in [1.29, 1.82) is 0 Å². The molecular formula is C28H35NO4. The van der Waals surface area contributed by atoms with Crippen LogP contribution in [0.1, 0.15) is 70.8 Å². The Labute approximate surface area is 196 Å². The van der Waals surface area contributed by atoms with Gasteiger partial charge in [-0.3, -0.25) is 14.5 Å². The van der Waals surface area contributed by atoms with E-state index in [1.54, 1.807) is 17.0 Å². The lowest BCUT2D eigenvalue weighted by molar-refractivity contribution is -0.143. The van der Waals surface area contributed by atoms with Gasteiger partial charge in [0.1, 0.15) is 5.75 Å². The number of ether oxygens (including phenoxy) is 1. The first-order valence-electron chi connectivity index (χ1n) is 12.6. The van der Waals surface area contributed by atoms with Crippen LogP contribution < -0.4 is 0 Å². The van der Waals surface area contributed by atoms with Crippen LogP contribution in [0.15, 0.2) is 41.0 Å². The summed E-state index contributed by atoms with van der Waals surface area (Å²) in [6.45, 7) is 4.79. The van der Waals surface area contributed by atoms with Gasteiger partial charge in [0.2, 0.25) is 11.8 Å². The Hall–Kier alpha value is -2.40. The predicted molar refractivity (Wildman–Crippen MR) is 127 cm³/mol. The molecule has 5 rings (SSSR count). The van der Waals surface area contributed by atoms with E-state index in [1.165, 1.54) is 23.1 Å².